The van der Waals surface area contributed by atoms with E-state index >= 15 is 0 Å². The van der Waals surface area contributed by atoms with Crippen molar-refractivity contribution in [2.75, 3.05) is 20.8 Å². The molecule has 0 aromatic carbocycles. The Hall–Kier alpha value is -1.01. The Morgan fingerprint density at radius 3 is 2.32 bits per heavy atom. The molecule has 7 unspecified atom stereocenters. The second kappa shape index (κ2) is 10.4. The summed E-state index contributed by atoms with van der Waals surface area (Å²) in [6.07, 6.45) is 8.60. The van der Waals surface area contributed by atoms with Crippen LogP contribution in [-0.2, 0) is 18.5 Å². The van der Waals surface area contributed by atoms with Gasteiger partial charge < -0.3 is 23.6 Å². The van der Waals surface area contributed by atoms with E-state index < -0.39 is 28.3 Å². The first-order valence-corrected chi connectivity index (χ1v) is 21.4. The molecule has 0 aromatic rings. The van der Waals surface area contributed by atoms with Crippen LogP contribution in [0.4, 0.5) is 0 Å². The molecule has 38 heavy (non-hydrogen) atoms. The van der Waals surface area contributed by atoms with Gasteiger partial charge in [-0.3, -0.25) is 0 Å². The molecule has 4 aliphatic carbocycles. The van der Waals surface area contributed by atoms with Crippen LogP contribution in [0.3, 0.4) is 0 Å². The molecule has 7 atom stereocenters. The molecule has 0 heterocycles. The molecule has 3 fully saturated rings. The van der Waals surface area contributed by atoms with Crippen LogP contribution in [0, 0.1) is 28.6 Å². The van der Waals surface area contributed by atoms with Crippen LogP contribution < -0.4 is 0 Å². The van der Waals surface area contributed by atoms with Crippen molar-refractivity contribution in [3.63, 3.8) is 0 Å². The van der Waals surface area contributed by atoms with Gasteiger partial charge in [0.05, 0.1) is 18.4 Å². The molecule has 1 N–H and O–H groups in total. The van der Waals surface area contributed by atoms with E-state index in [0.717, 1.165) is 49.9 Å². The minimum atomic E-state index is -2.01. The van der Waals surface area contributed by atoms with Crippen molar-refractivity contribution in [3.05, 3.63) is 11.6 Å². The molecule has 4 rings (SSSR count). The van der Waals surface area contributed by atoms with Crippen molar-refractivity contribution >= 4 is 28.1 Å². The molecule has 0 bridgehead atoms. The molecule has 0 saturated heterocycles. The summed E-state index contributed by atoms with van der Waals surface area (Å²) in [7, 11) is -0.562. The number of aliphatic hydroxyl groups is 1. The summed E-state index contributed by atoms with van der Waals surface area (Å²) >= 11 is 0. The largest absolute Gasteiger partial charge is 0.412 e. The highest BCUT2D eigenvalue weighted by Gasteiger charge is 2.69. The maximum Gasteiger partial charge on any atom is 0.185 e. The Bertz CT molecular complexity index is 986. The fourth-order valence-electron chi connectivity index (χ4n) is 8.71. The Balaban J connectivity index is 1.75. The minimum absolute atomic E-state index is 0.00823. The van der Waals surface area contributed by atoms with Gasteiger partial charge in [0.25, 0.3) is 0 Å². The first-order valence-electron chi connectivity index (χ1n) is 14.5. The van der Waals surface area contributed by atoms with Crippen LogP contribution in [0.1, 0.15) is 58.8 Å². The Morgan fingerprint density at radius 1 is 1.00 bits per heavy atom. The maximum absolute atomic E-state index is 12.1. The van der Waals surface area contributed by atoms with Crippen molar-refractivity contribution < 1.29 is 23.6 Å². The number of rotatable bonds is 8. The number of hydrogen-bond acceptors (Lipinski definition) is 7. The van der Waals surface area contributed by atoms with Gasteiger partial charge in [0.1, 0.15) is 25.5 Å². The van der Waals surface area contributed by atoms with E-state index in [1.54, 1.807) is 14.2 Å². The van der Waals surface area contributed by atoms with E-state index in [4.69, 9.17) is 18.5 Å². The van der Waals surface area contributed by atoms with E-state index in [2.05, 4.69) is 69.5 Å². The van der Waals surface area contributed by atoms with Gasteiger partial charge >= 0.3 is 0 Å². The Kier molecular flexibility index (Phi) is 8.23. The van der Waals surface area contributed by atoms with Gasteiger partial charge in [0.15, 0.2) is 16.6 Å². The fraction of sp³-hybridized carbons (Fsp3) is 0.862. The van der Waals surface area contributed by atoms with Crippen LogP contribution in [0.15, 0.2) is 22.0 Å². The fourth-order valence-corrected chi connectivity index (χ4v) is 10.8. The molecule has 0 radical (unpaired) electrons. The molecule has 3 saturated carbocycles. The van der Waals surface area contributed by atoms with Crippen molar-refractivity contribution in [2.45, 2.75) is 110 Å². The summed E-state index contributed by atoms with van der Waals surface area (Å²) < 4.78 is 13.7. The van der Waals surface area contributed by atoms with Gasteiger partial charge in [-0.25, -0.2) is 0 Å². The number of aliphatic hydroxyl groups excluding tert-OH is 1. The van der Waals surface area contributed by atoms with Gasteiger partial charge in [-0.05, 0) is 113 Å². The van der Waals surface area contributed by atoms with Crippen molar-refractivity contribution in [1.29, 1.82) is 0 Å². The first-order chi connectivity index (χ1) is 17.6. The maximum atomic E-state index is 12.1. The topological polar surface area (TPSA) is 81.9 Å². The summed E-state index contributed by atoms with van der Waals surface area (Å²) in [6, 6.07) is 0. The summed E-state index contributed by atoms with van der Waals surface area (Å²) in [5.41, 5.74) is 2.50. The summed E-state index contributed by atoms with van der Waals surface area (Å²) in [4.78, 5) is 10.6. The number of nitrogens with zero attached hydrogens (tertiary/aromatic N) is 2. The highest BCUT2D eigenvalue weighted by Crippen LogP contribution is 2.68. The first kappa shape index (κ1) is 30.0. The highest BCUT2D eigenvalue weighted by atomic mass is 28.4. The van der Waals surface area contributed by atoms with Gasteiger partial charge in [0, 0.05) is 5.41 Å². The van der Waals surface area contributed by atoms with Crippen LogP contribution in [-0.4, -0.2) is 65.7 Å². The van der Waals surface area contributed by atoms with E-state index in [0.29, 0.717) is 24.9 Å². The van der Waals surface area contributed by atoms with Gasteiger partial charge in [0.2, 0.25) is 0 Å². The zero-order valence-electron chi connectivity index (χ0n) is 25.5. The SMILES string of the molecule is CO/N=C1/C=C2CCC3C(C(O)CC4(C)C3CCC4(O[Si](C)(C)C)/C(CO[Si](C)(C)C)=N/OC)C2(C)CC1. The number of fused-ring (bicyclic) bond motifs is 5. The number of allylic oxidation sites excluding steroid dienone is 2. The zero-order chi connectivity index (χ0) is 28.1. The zero-order valence-corrected chi connectivity index (χ0v) is 27.5. The van der Waals surface area contributed by atoms with Crippen LogP contribution in [0.5, 0.6) is 0 Å². The standard InChI is InChI=1S/C29H52N2O5Si2/c1-27-15-13-21(30-33-3)17-20(27)11-12-22-23-14-16-29(36-38(8,9)10,28(23,2)18-24(32)26(22)27)25(31-34-4)19-35-37(5,6)7/h17,22-24,26,32H,11-16,18-19H2,1-10H3/b30-21+,31-25+. The van der Waals surface area contributed by atoms with E-state index in [1.165, 1.54) is 5.57 Å². The Labute approximate surface area is 232 Å². The average molecular weight is 565 g/mol. The number of hydrogen-bond donors (Lipinski definition) is 1. The lowest BCUT2D eigenvalue weighted by Crippen LogP contribution is -2.64. The molecular weight excluding hydrogens is 513 g/mol. The molecule has 0 amide bonds. The molecule has 0 aromatic heterocycles. The van der Waals surface area contributed by atoms with Gasteiger partial charge in [-0.1, -0.05) is 29.7 Å². The van der Waals surface area contributed by atoms with Gasteiger partial charge in [-0.2, -0.15) is 0 Å². The van der Waals surface area contributed by atoms with E-state index in [1.807, 2.05) is 0 Å². The molecule has 0 spiro atoms. The normalized spacial score (nSPS) is 40.8. The smallest absolute Gasteiger partial charge is 0.185 e. The molecular formula is C29H52N2O5Si2. The molecule has 4 aliphatic rings. The second-order valence-corrected chi connectivity index (χ2v) is 23.5. The Morgan fingerprint density at radius 2 is 1.71 bits per heavy atom. The molecule has 0 aliphatic heterocycles. The summed E-state index contributed by atoms with van der Waals surface area (Å²) in [6.45, 7) is 18.6. The third kappa shape index (κ3) is 5.22. The predicted molar refractivity (Wildman–Crippen MR) is 158 cm³/mol. The van der Waals surface area contributed by atoms with Crippen molar-refractivity contribution in [2.24, 2.45) is 38.9 Å². The second-order valence-electron chi connectivity index (χ2n) is 14.6. The third-order valence-corrected chi connectivity index (χ3v) is 12.0. The van der Waals surface area contributed by atoms with Crippen LogP contribution in [0.25, 0.3) is 0 Å². The number of oxime groups is 2. The molecule has 9 heteroatoms. The molecule has 7 nitrogen and oxygen atoms in total. The quantitative estimate of drug-likeness (QED) is 0.211. The molecule has 216 valence electrons. The van der Waals surface area contributed by atoms with Crippen molar-refractivity contribution in [3.8, 4) is 0 Å². The van der Waals surface area contributed by atoms with Crippen LogP contribution in [0.2, 0.25) is 39.3 Å². The lowest BCUT2D eigenvalue weighted by Gasteiger charge is -2.62. The van der Waals surface area contributed by atoms with E-state index in [-0.39, 0.29) is 16.7 Å². The van der Waals surface area contributed by atoms with Gasteiger partial charge in [-0.15, -0.1) is 0 Å². The lowest BCUT2D eigenvalue weighted by atomic mass is 9.45. The average Bonchev–Trinajstić information content (AvgIpc) is 3.07. The van der Waals surface area contributed by atoms with E-state index in [9.17, 15) is 5.11 Å². The highest BCUT2D eigenvalue weighted by molar-refractivity contribution is 6.70. The van der Waals surface area contributed by atoms with Crippen molar-refractivity contribution in [1.82, 2.24) is 0 Å². The summed E-state index contributed by atoms with van der Waals surface area (Å²) in [5, 5.41) is 20.9. The lowest BCUT2D eigenvalue weighted by molar-refractivity contribution is -0.148. The monoisotopic (exact) mass is 564 g/mol. The summed E-state index contributed by atoms with van der Waals surface area (Å²) in [5.74, 6) is 1.14. The minimum Gasteiger partial charge on any atom is -0.412 e. The predicted octanol–water partition coefficient (Wildman–Crippen LogP) is 6.37. The third-order valence-electron chi connectivity index (χ3n) is 10.0. The van der Waals surface area contributed by atoms with Crippen LogP contribution >= 0.6 is 0 Å².